The fourth-order valence-corrected chi connectivity index (χ4v) is 1.78. The largest absolute Gasteiger partial charge is 0.493 e. The van der Waals surface area contributed by atoms with Gasteiger partial charge in [-0.15, -0.1) is 0 Å². The van der Waals surface area contributed by atoms with Gasteiger partial charge < -0.3 is 15.2 Å². The monoisotopic (exact) mass is 235 g/mol. The maximum absolute atomic E-state index is 7.30. The summed E-state index contributed by atoms with van der Waals surface area (Å²) >= 11 is 0. The third-order valence-electron chi connectivity index (χ3n) is 2.83. The molecule has 5 heteroatoms. The normalized spacial score (nSPS) is 16.7. The lowest BCUT2D eigenvalue weighted by Crippen LogP contribution is -2.21. The third-order valence-corrected chi connectivity index (χ3v) is 2.83. The molecule has 0 amide bonds. The van der Waals surface area contributed by atoms with Crippen LogP contribution in [-0.4, -0.2) is 30.6 Å². The molecule has 1 saturated heterocycles. The lowest BCUT2D eigenvalue weighted by atomic mass is 10.0. The van der Waals surface area contributed by atoms with Crippen LogP contribution in [0.15, 0.2) is 18.3 Å². The van der Waals surface area contributed by atoms with Gasteiger partial charge in [0.25, 0.3) is 0 Å². The summed E-state index contributed by atoms with van der Waals surface area (Å²) in [6, 6.07) is 3.48. The number of hydrogen-bond acceptors (Lipinski definition) is 4. The molecular weight excluding hydrogens is 218 g/mol. The molecule has 0 atom stereocenters. The molecule has 1 aliphatic heterocycles. The van der Waals surface area contributed by atoms with Crippen molar-refractivity contribution >= 4 is 5.84 Å². The first-order valence-corrected chi connectivity index (χ1v) is 5.76. The molecule has 92 valence electrons. The number of nitrogens with one attached hydrogen (secondary N) is 1. The van der Waals surface area contributed by atoms with E-state index >= 15 is 0 Å². The van der Waals surface area contributed by atoms with Crippen LogP contribution in [0, 0.1) is 11.3 Å². The Morgan fingerprint density at radius 3 is 3.00 bits per heavy atom. The Kier molecular flexibility index (Phi) is 3.93. The van der Waals surface area contributed by atoms with Gasteiger partial charge in [-0.1, -0.05) is 0 Å². The SMILES string of the molecule is N=C(N)c1cc(OCC2CCOCC2)ccn1. The first-order valence-electron chi connectivity index (χ1n) is 5.76. The van der Waals surface area contributed by atoms with Crippen molar-refractivity contribution in [3.63, 3.8) is 0 Å². The Morgan fingerprint density at radius 1 is 1.53 bits per heavy atom. The van der Waals surface area contributed by atoms with Gasteiger partial charge in [-0.05, 0) is 24.8 Å². The summed E-state index contributed by atoms with van der Waals surface area (Å²) in [5.41, 5.74) is 5.82. The number of nitrogens with zero attached hydrogens (tertiary/aromatic N) is 1. The molecular formula is C12H17N3O2. The molecule has 1 aromatic rings. The van der Waals surface area contributed by atoms with Crippen molar-refractivity contribution < 1.29 is 9.47 Å². The summed E-state index contributed by atoms with van der Waals surface area (Å²) in [6.07, 6.45) is 3.70. The molecule has 0 aliphatic carbocycles. The van der Waals surface area contributed by atoms with E-state index in [0.29, 0.717) is 18.2 Å². The van der Waals surface area contributed by atoms with Crippen LogP contribution in [0.1, 0.15) is 18.5 Å². The number of ether oxygens (including phenoxy) is 2. The van der Waals surface area contributed by atoms with Crippen molar-refractivity contribution in [2.75, 3.05) is 19.8 Å². The highest BCUT2D eigenvalue weighted by Crippen LogP contribution is 2.17. The molecule has 0 saturated carbocycles. The van der Waals surface area contributed by atoms with Crippen molar-refractivity contribution in [3.05, 3.63) is 24.0 Å². The van der Waals surface area contributed by atoms with E-state index in [-0.39, 0.29) is 5.84 Å². The van der Waals surface area contributed by atoms with Crippen LogP contribution >= 0.6 is 0 Å². The molecule has 0 aromatic carbocycles. The molecule has 1 fully saturated rings. The van der Waals surface area contributed by atoms with Crippen molar-refractivity contribution in [1.82, 2.24) is 4.98 Å². The minimum absolute atomic E-state index is 0.0403. The van der Waals surface area contributed by atoms with E-state index < -0.39 is 0 Å². The lowest BCUT2D eigenvalue weighted by Gasteiger charge is -2.22. The molecule has 3 N–H and O–H groups in total. The van der Waals surface area contributed by atoms with E-state index in [1.165, 1.54) is 0 Å². The molecule has 0 bridgehead atoms. The Balaban J connectivity index is 1.89. The summed E-state index contributed by atoms with van der Waals surface area (Å²) in [6.45, 7) is 2.33. The zero-order valence-electron chi connectivity index (χ0n) is 9.69. The minimum atomic E-state index is -0.0403. The van der Waals surface area contributed by atoms with E-state index in [0.717, 1.165) is 31.8 Å². The molecule has 0 radical (unpaired) electrons. The van der Waals surface area contributed by atoms with Crippen molar-refractivity contribution in [3.8, 4) is 5.75 Å². The van der Waals surface area contributed by atoms with Gasteiger partial charge in [0.2, 0.25) is 0 Å². The lowest BCUT2D eigenvalue weighted by molar-refractivity contribution is 0.0497. The van der Waals surface area contributed by atoms with Gasteiger partial charge >= 0.3 is 0 Å². The van der Waals surface area contributed by atoms with Gasteiger partial charge in [-0.2, -0.15) is 0 Å². The fourth-order valence-electron chi connectivity index (χ4n) is 1.78. The highest BCUT2D eigenvalue weighted by molar-refractivity contribution is 5.93. The first-order chi connectivity index (χ1) is 8.25. The molecule has 2 heterocycles. The van der Waals surface area contributed by atoms with Crippen LogP contribution in [0.25, 0.3) is 0 Å². The van der Waals surface area contributed by atoms with Gasteiger partial charge in [0.1, 0.15) is 17.3 Å². The van der Waals surface area contributed by atoms with Crippen LogP contribution in [0.3, 0.4) is 0 Å². The van der Waals surface area contributed by atoms with Crippen molar-refractivity contribution in [2.45, 2.75) is 12.8 Å². The molecule has 1 aromatic heterocycles. The molecule has 2 rings (SSSR count). The average Bonchev–Trinajstić information content (AvgIpc) is 2.38. The number of rotatable bonds is 4. The second-order valence-corrected chi connectivity index (χ2v) is 4.16. The molecule has 1 aliphatic rings. The van der Waals surface area contributed by atoms with Crippen LogP contribution in [-0.2, 0) is 4.74 Å². The quantitative estimate of drug-likeness (QED) is 0.606. The first kappa shape index (κ1) is 11.9. The predicted molar refractivity (Wildman–Crippen MR) is 64.3 cm³/mol. The second-order valence-electron chi connectivity index (χ2n) is 4.16. The van der Waals surface area contributed by atoms with Gasteiger partial charge in [-0.3, -0.25) is 10.4 Å². The smallest absolute Gasteiger partial charge is 0.141 e. The van der Waals surface area contributed by atoms with Gasteiger partial charge in [-0.25, -0.2) is 0 Å². The molecule has 0 spiro atoms. The maximum atomic E-state index is 7.30. The van der Waals surface area contributed by atoms with Crippen molar-refractivity contribution in [1.29, 1.82) is 5.41 Å². The number of hydrogen-bond donors (Lipinski definition) is 2. The number of pyridine rings is 1. The topological polar surface area (TPSA) is 81.2 Å². The Hall–Kier alpha value is -1.62. The minimum Gasteiger partial charge on any atom is -0.493 e. The fraction of sp³-hybridized carbons (Fsp3) is 0.500. The summed E-state index contributed by atoms with van der Waals surface area (Å²) in [7, 11) is 0. The number of nitrogens with two attached hydrogens (primary N) is 1. The van der Waals surface area contributed by atoms with Crippen LogP contribution in [0.4, 0.5) is 0 Å². The van der Waals surface area contributed by atoms with Gasteiger partial charge in [0, 0.05) is 25.5 Å². The zero-order valence-corrected chi connectivity index (χ0v) is 9.69. The van der Waals surface area contributed by atoms with Crippen LogP contribution in [0.5, 0.6) is 5.75 Å². The number of amidine groups is 1. The highest BCUT2D eigenvalue weighted by Gasteiger charge is 2.14. The van der Waals surface area contributed by atoms with Crippen LogP contribution in [0.2, 0.25) is 0 Å². The maximum Gasteiger partial charge on any atom is 0.141 e. The number of nitrogen functional groups attached to an aromatic ring is 1. The van der Waals surface area contributed by atoms with E-state index in [2.05, 4.69) is 4.98 Å². The van der Waals surface area contributed by atoms with E-state index in [4.69, 9.17) is 20.6 Å². The van der Waals surface area contributed by atoms with Gasteiger partial charge in [0.15, 0.2) is 0 Å². The molecule has 5 nitrogen and oxygen atoms in total. The Bertz CT molecular complexity index is 389. The second kappa shape index (κ2) is 5.63. The third kappa shape index (κ3) is 3.42. The Morgan fingerprint density at radius 2 is 2.29 bits per heavy atom. The Labute approximate surface area is 100 Å². The van der Waals surface area contributed by atoms with E-state index in [1.54, 1.807) is 18.3 Å². The van der Waals surface area contributed by atoms with Crippen LogP contribution < -0.4 is 10.5 Å². The number of aromatic nitrogens is 1. The van der Waals surface area contributed by atoms with Crippen molar-refractivity contribution in [2.24, 2.45) is 11.7 Å². The highest BCUT2D eigenvalue weighted by atomic mass is 16.5. The van der Waals surface area contributed by atoms with Gasteiger partial charge in [0.05, 0.1) is 6.61 Å². The zero-order chi connectivity index (χ0) is 12.1. The summed E-state index contributed by atoms with van der Waals surface area (Å²) in [5.74, 6) is 1.23. The summed E-state index contributed by atoms with van der Waals surface area (Å²) in [4.78, 5) is 3.98. The van der Waals surface area contributed by atoms with E-state index in [1.807, 2.05) is 0 Å². The predicted octanol–water partition coefficient (Wildman–Crippen LogP) is 1.17. The summed E-state index contributed by atoms with van der Waals surface area (Å²) in [5, 5.41) is 7.30. The average molecular weight is 235 g/mol. The molecule has 17 heavy (non-hydrogen) atoms. The standard InChI is InChI=1S/C12H17N3O2/c13-12(14)11-7-10(1-4-15-11)17-8-9-2-5-16-6-3-9/h1,4,7,9H,2-3,5-6,8H2,(H3,13,14). The van der Waals surface area contributed by atoms with E-state index in [9.17, 15) is 0 Å². The summed E-state index contributed by atoms with van der Waals surface area (Å²) < 4.78 is 11.0. The molecule has 0 unspecified atom stereocenters.